The van der Waals surface area contributed by atoms with Crippen LogP contribution in [0.15, 0.2) is 388 Å². The number of para-hydroxylation sites is 4. The van der Waals surface area contributed by atoms with Gasteiger partial charge < -0.3 is 9.13 Å². The van der Waals surface area contributed by atoms with Gasteiger partial charge in [0.2, 0.25) is 11.9 Å². The van der Waals surface area contributed by atoms with Gasteiger partial charge in [0.1, 0.15) is 0 Å². The van der Waals surface area contributed by atoms with Gasteiger partial charge in [-0.1, -0.05) is 285 Å². The van der Waals surface area contributed by atoms with Gasteiger partial charge in [0.15, 0.2) is 0 Å². The molecular formula is C108H64N8. The van der Waals surface area contributed by atoms with Crippen LogP contribution in [0.5, 0.6) is 0 Å². The Balaban J connectivity index is 0.000000131. The maximum Gasteiger partial charge on any atom is 0.235 e. The molecule has 0 saturated heterocycles. The summed E-state index contributed by atoms with van der Waals surface area (Å²) >= 11 is 0. The van der Waals surface area contributed by atoms with E-state index in [2.05, 4.69) is 407 Å². The lowest BCUT2D eigenvalue weighted by atomic mass is 9.92. The number of aromatic nitrogens is 8. The topological polar surface area (TPSA) is 71.3 Å². The van der Waals surface area contributed by atoms with Crippen LogP contribution < -0.4 is 0 Å². The summed E-state index contributed by atoms with van der Waals surface area (Å²) < 4.78 is 9.39. The van der Waals surface area contributed by atoms with Crippen molar-refractivity contribution in [1.29, 1.82) is 0 Å². The number of rotatable bonds is 6. The van der Waals surface area contributed by atoms with Gasteiger partial charge in [-0.3, -0.25) is 9.13 Å². The molecule has 116 heavy (non-hydrogen) atoms. The second-order valence-electron chi connectivity index (χ2n) is 30.7. The minimum Gasteiger partial charge on any atom is -0.309 e. The van der Waals surface area contributed by atoms with E-state index in [-0.39, 0.29) is 0 Å². The molecule has 0 aliphatic carbocycles. The lowest BCUT2D eigenvalue weighted by molar-refractivity contribution is 1.01. The van der Waals surface area contributed by atoms with Crippen LogP contribution in [0.1, 0.15) is 0 Å². The van der Waals surface area contributed by atoms with Crippen LogP contribution in [0, 0.1) is 0 Å². The Morgan fingerprint density at radius 3 is 1.01 bits per heavy atom. The largest absolute Gasteiger partial charge is 0.309 e. The van der Waals surface area contributed by atoms with Crippen molar-refractivity contribution in [1.82, 2.24) is 38.2 Å². The molecule has 8 heteroatoms. The molecule has 0 aliphatic rings. The average molecular weight is 1470 g/mol. The second kappa shape index (κ2) is 24.9. The average Bonchev–Trinajstić information content (AvgIpc) is 1.46. The molecule has 0 amide bonds. The molecule has 0 bridgehead atoms. The van der Waals surface area contributed by atoms with Crippen molar-refractivity contribution < 1.29 is 0 Å². The molecule has 536 valence electrons. The zero-order valence-electron chi connectivity index (χ0n) is 62.5. The Kier molecular flexibility index (Phi) is 13.8. The van der Waals surface area contributed by atoms with Crippen molar-refractivity contribution in [3.63, 3.8) is 0 Å². The van der Waals surface area contributed by atoms with Gasteiger partial charge in [-0.15, -0.1) is 0 Å². The van der Waals surface area contributed by atoms with Crippen LogP contribution in [0.25, 0.3) is 241 Å². The van der Waals surface area contributed by atoms with E-state index < -0.39 is 0 Å². The van der Waals surface area contributed by atoms with E-state index in [9.17, 15) is 0 Å². The zero-order chi connectivity index (χ0) is 75.8. The van der Waals surface area contributed by atoms with Gasteiger partial charge in [-0.2, -0.15) is 0 Å². The van der Waals surface area contributed by atoms with E-state index in [1.165, 1.54) is 135 Å². The minimum absolute atomic E-state index is 0.647. The first kappa shape index (κ1) is 64.1. The first-order valence-corrected chi connectivity index (χ1v) is 39.7. The fourth-order valence-corrected chi connectivity index (χ4v) is 19.4. The van der Waals surface area contributed by atoms with Gasteiger partial charge in [-0.25, -0.2) is 19.9 Å². The normalized spacial score (nSPS) is 12.1. The monoisotopic (exact) mass is 1470 g/mol. The fraction of sp³-hybridized carbons (Fsp3) is 0. The molecule has 0 fully saturated rings. The zero-order valence-corrected chi connectivity index (χ0v) is 62.5. The summed E-state index contributed by atoms with van der Waals surface area (Å²) in [4.78, 5) is 21.7. The van der Waals surface area contributed by atoms with E-state index in [0.717, 1.165) is 93.9 Å². The van der Waals surface area contributed by atoms with Crippen LogP contribution in [-0.2, 0) is 0 Å². The molecule has 20 aromatic carbocycles. The maximum atomic E-state index is 5.57. The van der Waals surface area contributed by atoms with Crippen LogP contribution in [-0.4, -0.2) is 38.2 Å². The molecule has 0 N–H and O–H groups in total. The van der Waals surface area contributed by atoms with Gasteiger partial charge >= 0.3 is 0 Å². The highest BCUT2D eigenvalue weighted by atomic mass is 15.2. The molecule has 0 atom stereocenters. The number of hydrogen-bond acceptors (Lipinski definition) is 4. The third-order valence-electron chi connectivity index (χ3n) is 24.5. The molecular weight excluding hydrogens is 1410 g/mol. The number of fused-ring (bicyclic) bond motifs is 27. The van der Waals surface area contributed by atoms with Crippen molar-refractivity contribution in [3.8, 4) is 45.8 Å². The molecule has 6 heterocycles. The number of hydrogen-bond donors (Lipinski definition) is 0. The highest BCUT2D eigenvalue weighted by Crippen LogP contribution is 2.46. The molecule has 0 saturated carbocycles. The Hall–Kier alpha value is -15.6. The van der Waals surface area contributed by atoms with Crippen LogP contribution in [0.4, 0.5) is 0 Å². The number of nitrogens with zero attached hydrogens (tertiary/aromatic N) is 8. The molecule has 0 aliphatic heterocycles. The van der Waals surface area contributed by atoms with E-state index >= 15 is 0 Å². The Bertz CT molecular complexity index is 8720. The van der Waals surface area contributed by atoms with E-state index in [0.29, 0.717) is 11.9 Å². The van der Waals surface area contributed by atoms with E-state index in [1.807, 2.05) is 0 Å². The third kappa shape index (κ3) is 9.56. The SMILES string of the molecule is c1ccc2cc3c(cc2c1)c1cc(-n2c4ccccc4c4c5ccccc5ccc42)ccc1n3-c1nc(-c2ccc3c4ccccc4c4ccccc4c3c2)c2ccccc2n1.c1ccc2cc3c(cc2c1)c1cc(-n2c4ccccc4c4c5ccccc5ccc42)ccc1n3-c1nc(-c2cccc3ccccc23)c2ccccc2n1. The summed E-state index contributed by atoms with van der Waals surface area (Å²) in [6.45, 7) is 0. The van der Waals surface area contributed by atoms with Crippen molar-refractivity contribution in [2.45, 2.75) is 0 Å². The van der Waals surface area contributed by atoms with E-state index in [4.69, 9.17) is 19.9 Å². The van der Waals surface area contributed by atoms with Crippen LogP contribution in [0.3, 0.4) is 0 Å². The van der Waals surface area contributed by atoms with Crippen LogP contribution in [0.2, 0.25) is 0 Å². The molecule has 0 spiro atoms. The number of benzene rings is 20. The van der Waals surface area contributed by atoms with Gasteiger partial charge in [0, 0.05) is 76.4 Å². The predicted molar refractivity (Wildman–Crippen MR) is 487 cm³/mol. The van der Waals surface area contributed by atoms with Crippen molar-refractivity contribution in [2.75, 3.05) is 0 Å². The molecule has 0 unspecified atom stereocenters. The second-order valence-corrected chi connectivity index (χ2v) is 30.7. The third-order valence-corrected chi connectivity index (χ3v) is 24.5. The van der Waals surface area contributed by atoms with E-state index in [1.54, 1.807) is 0 Å². The molecule has 8 nitrogen and oxygen atoms in total. The van der Waals surface area contributed by atoms with Crippen LogP contribution >= 0.6 is 0 Å². The molecule has 6 aromatic heterocycles. The lowest BCUT2D eigenvalue weighted by Gasteiger charge is -2.14. The first-order chi connectivity index (χ1) is 57.5. The minimum atomic E-state index is 0.647. The summed E-state index contributed by atoms with van der Waals surface area (Å²) in [5.74, 6) is 1.30. The summed E-state index contributed by atoms with van der Waals surface area (Å²) in [5.41, 5.74) is 17.1. The lowest BCUT2D eigenvalue weighted by Crippen LogP contribution is -2.04. The summed E-state index contributed by atoms with van der Waals surface area (Å²) in [5, 5.41) is 31.4. The summed E-state index contributed by atoms with van der Waals surface area (Å²) in [7, 11) is 0. The molecule has 26 rings (SSSR count). The predicted octanol–water partition coefficient (Wildman–Crippen LogP) is 28.2. The standard InChI is InChI=1S/C58H34N4.C50H30N4/c1-2-15-37-33-55-49(31-36(37)14-1)50-34-39(61-52-24-12-10-22-47(52)56-40-16-4-3-13-35(40)26-29-54(56)61)27-30-53(50)62(55)58-59-51-23-11-9-21-46(51)57(60-58)38-25-28-45-43-19-6-5-17-41(43)42-18-7-8-20-44(42)48(45)32-38;1-2-15-34-29-47-41(28-33(34)14-1)42-30-35(53-44-23-10-8-20-40(44)48-37-18-6-4-13-32(37)24-26-46(48)53)25-27-45(42)54(47)50-51-43-22-9-7-19-39(43)49(52-50)38-21-11-16-31-12-3-5-17-36(31)38/h1-34H;1-30H. The summed E-state index contributed by atoms with van der Waals surface area (Å²) in [6.07, 6.45) is 0. The highest BCUT2D eigenvalue weighted by Gasteiger charge is 2.25. The van der Waals surface area contributed by atoms with Gasteiger partial charge in [0.25, 0.3) is 0 Å². The quantitative estimate of drug-likeness (QED) is 0.156. The smallest absolute Gasteiger partial charge is 0.235 e. The Morgan fingerprint density at radius 1 is 0.164 bits per heavy atom. The molecule has 0 radical (unpaired) electrons. The maximum absolute atomic E-state index is 5.57. The summed E-state index contributed by atoms with van der Waals surface area (Å²) in [6, 6.07) is 140. The Labute approximate surface area is 663 Å². The van der Waals surface area contributed by atoms with Crippen molar-refractivity contribution in [3.05, 3.63) is 388 Å². The van der Waals surface area contributed by atoms with Crippen molar-refractivity contribution >= 4 is 195 Å². The van der Waals surface area contributed by atoms with Gasteiger partial charge in [-0.05, 0) is 189 Å². The first-order valence-electron chi connectivity index (χ1n) is 39.7. The Morgan fingerprint density at radius 2 is 0.509 bits per heavy atom. The molecule has 26 aromatic rings. The van der Waals surface area contributed by atoms with Gasteiger partial charge in [0.05, 0.1) is 66.6 Å². The fourth-order valence-electron chi connectivity index (χ4n) is 19.4. The highest BCUT2D eigenvalue weighted by molar-refractivity contribution is 6.27. The van der Waals surface area contributed by atoms with Crippen molar-refractivity contribution in [2.24, 2.45) is 0 Å².